The van der Waals surface area contributed by atoms with Crippen molar-refractivity contribution in [2.75, 3.05) is 37.9 Å². The van der Waals surface area contributed by atoms with E-state index in [9.17, 15) is 18.0 Å². The zero-order chi connectivity index (χ0) is 27.0. The molecule has 0 fully saturated rings. The first-order valence-corrected chi connectivity index (χ1v) is 13.5. The van der Waals surface area contributed by atoms with E-state index in [0.29, 0.717) is 12.3 Å². The first-order chi connectivity index (χ1) is 16.9. The molecule has 0 aliphatic carbocycles. The fourth-order valence-electron chi connectivity index (χ4n) is 3.63. The molecule has 1 atom stereocenters. The Labute approximate surface area is 214 Å². The SMILES string of the molecule is COc1ccc(N(CC(=O)N(Cc2cccc(C)c2)[C@H](C)C(=O)NCC(C)C)S(C)(=O)=O)c(OC)c1. The van der Waals surface area contributed by atoms with E-state index in [-0.39, 0.29) is 29.8 Å². The summed E-state index contributed by atoms with van der Waals surface area (Å²) >= 11 is 0. The van der Waals surface area contributed by atoms with E-state index in [2.05, 4.69) is 5.32 Å². The maximum atomic E-state index is 13.6. The number of aryl methyl sites for hydroxylation is 1. The summed E-state index contributed by atoms with van der Waals surface area (Å²) in [6.45, 7) is 7.65. The molecule has 0 radical (unpaired) electrons. The smallest absolute Gasteiger partial charge is 0.244 e. The third kappa shape index (κ3) is 7.87. The highest BCUT2D eigenvalue weighted by molar-refractivity contribution is 7.92. The molecule has 0 spiro atoms. The highest BCUT2D eigenvalue weighted by Gasteiger charge is 2.31. The zero-order valence-corrected chi connectivity index (χ0v) is 22.9. The molecule has 2 rings (SSSR count). The minimum Gasteiger partial charge on any atom is -0.497 e. The van der Waals surface area contributed by atoms with Crippen molar-refractivity contribution in [2.24, 2.45) is 5.92 Å². The minimum absolute atomic E-state index is 0.147. The summed E-state index contributed by atoms with van der Waals surface area (Å²) in [5, 5.41) is 2.86. The first-order valence-electron chi connectivity index (χ1n) is 11.7. The second kappa shape index (κ2) is 12.6. The van der Waals surface area contributed by atoms with E-state index in [4.69, 9.17) is 9.47 Å². The molecule has 0 saturated carbocycles. The Morgan fingerprint density at radius 3 is 2.28 bits per heavy atom. The van der Waals surface area contributed by atoms with Gasteiger partial charge in [0.25, 0.3) is 0 Å². The van der Waals surface area contributed by atoms with Gasteiger partial charge in [0.15, 0.2) is 0 Å². The molecule has 2 amide bonds. The number of nitrogens with zero attached hydrogens (tertiary/aromatic N) is 2. The van der Waals surface area contributed by atoms with Gasteiger partial charge in [0, 0.05) is 19.2 Å². The van der Waals surface area contributed by atoms with Gasteiger partial charge in [0.2, 0.25) is 21.8 Å². The highest BCUT2D eigenvalue weighted by atomic mass is 32.2. The normalized spacial score (nSPS) is 12.1. The average Bonchev–Trinajstić information content (AvgIpc) is 2.82. The lowest BCUT2D eigenvalue weighted by Crippen LogP contribution is -2.51. The lowest BCUT2D eigenvalue weighted by atomic mass is 10.1. The fraction of sp³-hybridized carbons (Fsp3) is 0.462. The van der Waals surface area contributed by atoms with Gasteiger partial charge < -0.3 is 19.7 Å². The lowest BCUT2D eigenvalue weighted by molar-refractivity contribution is -0.139. The number of hydrogen-bond acceptors (Lipinski definition) is 6. The lowest BCUT2D eigenvalue weighted by Gasteiger charge is -2.32. The van der Waals surface area contributed by atoms with Gasteiger partial charge in [-0.25, -0.2) is 8.42 Å². The van der Waals surface area contributed by atoms with Gasteiger partial charge in [0.05, 0.1) is 26.2 Å². The van der Waals surface area contributed by atoms with Crippen molar-refractivity contribution in [3.05, 3.63) is 53.6 Å². The van der Waals surface area contributed by atoms with Crippen LogP contribution in [0.4, 0.5) is 5.69 Å². The standard InChI is InChI=1S/C26H37N3O6S/c1-18(2)15-27-26(31)20(4)28(16-21-10-8-9-19(3)13-21)25(30)17-29(36(7,32)33)23-12-11-22(34-5)14-24(23)35-6/h8-14,18,20H,15-17H2,1-7H3,(H,27,31)/t20-/m1/s1. The molecule has 0 aromatic heterocycles. The predicted molar refractivity (Wildman–Crippen MR) is 141 cm³/mol. The minimum atomic E-state index is -3.88. The monoisotopic (exact) mass is 519 g/mol. The van der Waals surface area contributed by atoms with Crippen LogP contribution in [0.5, 0.6) is 11.5 Å². The first kappa shape index (κ1) is 29.0. The molecule has 1 N–H and O–H groups in total. The molecular formula is C26H37N3O6S. The van der Waals surface area contributed by atoms with E-state index in [1.165, 1.54) is 25.2 Å². The van der Waals surface area contributed by atoms with Crippen molar-refractivity contribution in [2.45, 2.75) is 40.3 Å². The van der Waals surface area contributed by atoms with Gasteiger partial charge in [-0.2, -0.15) is 0 Å². The summed E-state index contributed by atoms with van der Waals surface area (Å²) in [6.07, 6.45) is 1.02. The Balaban J connectivity index is 2.44. The molecule has 2 aromatic rings. The van der Waals surface area contributed by atoms with Gasteiger partial charge in [0.1, 0.15) is 24.1 Å². The fourth-order valence-corrected chi connectivity index (χ4v) is 4.48. The van der Waals surface area contributed by atoms with Gasteiger partial charge in [-0.3, -0.25) is 13.9 Å². The second-order valence-electron chi connectivity index (χ2n) is 9.13. The molecule has 0 aliphatic heterocycles. The third-order valence-corrected chi connectivity index (χ3v) is 6.75. The quantitative estimate of drug-likeness (QED) is 0.462. The molecule has 198 valence electrons. The third-order valence-electron chi connectivity index (χ3n) is 5.62. The van der Waals surface area contributed by atoms with E-state index in [1.807, 2.05) is 45.0 Å². The molecule has 0 saturated heterocycles. The van der Waals surface area contributed by atoms with Crippen molar-refractivity contribution in [1.82, 2.24) is 10.2 Å². The van der Waals surface area contributed by atoms with Crippen LogP contribution in [-0.2, 0) is 26.2 Å². The van der Waals surface area contributed by atoms with Crippen LogP contribution in [0.15, 0.2) is 42.5 Å². The maximum Gasteiger partial charge on any atom is 0.244 e. The van der Waals surface area contributed by atoms with Crippen LogP contribution in [0, 0.1) is 12.8 Å². The summed E-state index contributed by atoms with van der Waals surface area (Å²) in [5.41, 5.74) is 2.04. The average molecular weight is 520 g/mol. The van der Waals surface area contributed by atoms with Crippen LogP contribution in [0.2, 0.25) is 0 Å². The van der Waals surface area contributed by atoms with Crippen LogP contribution in [0.1, 0.15) is 31.9 Å². The van der Waals surface area contributed by atoms with E-state index < -0.39 is 28.5 Å². The highest BCUT2D eigenvalue weighted by Crippen LogP contribution is 2.33. The second-order valence-corrected chi connectivity index (χ2v) is 11.0. The van der Waals surface area contributed by atoms with Crippen LogP contribution in [0.25, 0.3) is 0 Å². The number of ether oxygens (including phenoxy) is 2. The maximum absolute atomic E-state index is 13.6. The molecule has 0 bridgehead atoms. The van der Waals surface area contributed by atoms with Crippen molar-refractivity contribution >= 4 is 27.5 Å². The summed E-state index contributed by atoms with van der Waals surface area (Å²) in [6, 6.07) is 11.5. The van der Waals surface area contributed by atoms with Gasteiger partial charge in [-0.15, -0.1) is 0 Å². The zero-order valence-electron chi connectivity index (χ0n) is 22.1. The molecule has 0 aliphatic rings. The van der Waals surface area contributed by atoms with Crippen LogP contribution >= 0.6 is 0 Å². The van der Waals surface area contributed by atoms with Crippen molar-refractivity contribution in [1.29, 1.82) is 0 Å². The summed E-state index contributed by atoms with van der Waals surface area (Å²) in [4.78, 5) is 27.9. The van der Waals surface area contributed by atoms with Crippen molar-refractivity contribution < 1.29 is 27.5 Å². The van der Waals surface area contributed by atoms with Gasteiger partial charge >= 0.3 is 0 Å². The van der Waals surface area contributed by atoms with Crippen LogP contribution in [-0.4, -0.2) is 64.7 Å². The number of anilines is 1. The molecule has 2 aromatic carbocycles. The van der Waals surface area contributed by atoms with E-state index in [1.54, 1.807) is 19.1 Å². The van der Waals surface area contributed by atoms with Crippen molar-refractivity contribution in [3.8, 4) is 11.5 Å². The summed E-state index contributed by atoms with van der Waals surface area (Å²) in [5.74, 6) is 0.127. The molecule has 36 heavy (non-hydrogen) atoms. The Morgan fingerprint density at radius 1 is 1.03 bits per heavy atom. The summed E-state index contributed by atoms with van der Waals surface area (Å²) < 4.78 is 37.1. The number of sulfonamides is 1. The number of nitrogens with one attached hydrogen (secondary N) is 1. The van der Waals surface area contributed by atoms with Crippen molar-refractivity contribution in [3.63, 3.8) is 0 Å². The number of hydrogen-bond donors (Lipinski definition) is 1. The van der Waals surface area contributed by atoms with E-state index >= 15 is 0 Å². The predicted octanol–water partition coefficient (Wildman–Crippen LogP) is 2.97. The molecule has 10 heteroatoms. The number of rotatable bonds is 12. The molecule has 9 nitrogen and oxygen atoms in total. The topological polar surface area (TPSA) is 105 Å². The number of carbonyl (C=O) groups excluding carboxylic acids is 2. The number of amides is 2. The van der Waals surface area contributed by atoms with Gasteiger partial charge in [-0.05, 0) is 37.5 Å². The summed E-state index contributed by atoms with van der Waals surface area (Å²) in [7, 11) is -0.985. The largest absolute Gasteiger partial charge is 0.497 e. The van der Waals surface area contributed by atoms with E-state index in [0.717, 1.165) is 21.7 Å². The number of carbonyl (C=O) groups is 2. The van der Waals surface area contributed by atoms with Gasteiger partial charge in [-0.1, -0.05) is 43.7 Å². The molecule has 0 heterocycles. The Bertz CT molecular complexity index is 1170. The molecular weight excluding hydrogens is 482 g/mol. The van der Waals surface area contributed by atoms with Crippen LogP contribution in [0.3, 0.4) is 0 Å². The Morgan fingerprint density at radius 2 is 1.72 bits per heavy atom. The number of methoxy groups -OCH3 is 2. The van der Waals surface area contributed by atoms with Crippen LogP contribution < -0.4 is 19.1 Å². The number of benzene rings is 2. The molecule has 0 unspecified atom stereocenters. The Hall–Kier alpha value is -3.27. The Kier molecular flexibility index (Phi) is 10.2.